The summed E-state index contributed by atoms with van der Waals surface area (Å²) in [6.45, 7) is 0.576. The molecule has 0 unspecified atom stereocenters. The van der Waals surface area contributed by atoms with E-state index in [0.29, 0.717) is 49.1 Å². The van der Waals surface area contributed by atoms with Gasteiger partial charge >= 0.3 is 5.97 Å². The molecule has 0 bridgehead atoms. The zero-order valence-corrected chi connectivity index (χ0v) is 19.5. The highest BCUT2D eigenvalue weighted by molar-refractivity contribution is 6.10. The number of ether oxygens (including phenoxy) is 3. The smallest absolute Gasteiger partial charge is 0.303 e. The summed E-state index contributed by atoms with van der Waals surface area (Å²) in [6.07, 6.45) is 5.60. The Labute approximate surface area is 198 Å². The van der Waals surface area contributed by atoms with Crippen molar-refractivity contribution in [3.05, 3.63) is 22.8 Å². The number of rotatable bonds is 9. The molecule has 0 radical (unpaired) electrons. The zero-order chi connectivity index (χ0) is 24.1. The molecule has 0 saturated carbocycles. The maximum Gasteiger partial charge on any atom is 0.303 e. The van der Waals surface area contributed by atoms with Crippen LogP contribution in [0, 0.1) is 0 Å². The van der Waals surface area contributed by atoms with Crippen LogP contribution in [0.5, 0.6) is 17.2 Å². The lowest BCUT2D eigenvalue weighted by molar-refractivity contribution is -0.137. The zero-order valence-electron chi connectivity index (χ0n) is 19.5. The monoisotopic (exact) mass is 470 g/mol. The van der Waals surface area contributed by atoms with Gasteiger partial charge in [0.15, 0.2) is 11.5 Å². The van der Waals surface area contributed by atoms with Crippen LogP contribution in [0.25, 0.3) is 5.57 Å². The van der Waals surface area contributed by atoms with Crippen LogP contribution in [-0.2, 0) is 16.0 Å². The molecule has 1 aromatic carbocycles. The first-order valence-corrected chi connectivity index (χ1v) is 11.5. The number of aryl methyl sites for hydroxylation is 1. The van der Waals surface area contributed by atoms with Crippen LogP contribution in [0.15, 0.2) is 21.7 Å². The van der Waals surface area contributed by atoms with Gasteiger partial charge in [0.05, 0.1) is 33.1 Å². The second-order valence-corrected chi connectivity index (χ2v) is 8.36. The molecule has 10 nitrogen and oxygen atoms in total. The van der Waals surface area contributed by atoms with Crippen LogP contribution in [0.3, 0.4) is 0 Å². The van der Waals surface area contributed by atoms with Crippen LogP contribution in [0.1, 0.15) is 56.1 Å². The largest absolute Gasteiger partial charge is 0.492 e. The molecule has 4 rings (SSSR count). The number of hydrogen-bond donors (Lipinski definition) is 3. The van der Waals surface area contributed by atoms with Gasteiger partial charge in [-0.1, -0.05) is 0 Å². The fourth-order valence-electron chi connectivity index (χ4n) is 4.66. The van der Waals surface area contributed by atoms with Crippen molar-refractivity contribution in [2.24, 2.45) is 10.1 Å². The molecule has 1 heterocycles. The second-order valence-electron chi connectivity index (χ2n) is 8.36. The fourth-order valence-corrected chi connectivity index (χ4v) is 4.66. The third-order valence-corrected chi connectivity index (χ3v) is 6.17. The number of guanidine groups is 1. The van der Waals surface area contributed by atoms with Gasteiger partial charge in [-0.2, -0.15) is 10.1 Å². The number of methoxy groups -OCH3 is 2. The number of unbranched alkanes of at least 4 members (excludes halogenated alkanes) is 1. The lowest BCUT2D eigenvalue weighted by Crippen LogP contribution is -2.31. The Kier molecular flexibility index (Phi) is 7.34. The molecule has 182 valence electrons. The van der Waals surface area contributed by atoms with Crippen LogP contribution in [-0.4, -0.2) is 56.0 Å². The average Bonchev–Trinajstić information content (AvgIpc) is 3.44. The lowest BCUT2D eigenvalue weighted by Gasteiger charge is -2.20. The standard InChI is InChI=1S/C24H30N4O6/c1-32-22-18(34-11-4-3-8-20(30)31)12-14-9-10-17(27-28-24-25-13-19(29)26-24)15-6-5-7-16(15)21(14)23(22)33-2/h12H,3-11,13H2,1-2H3,(H,30,31)(H2,25,26,28,29). The number of nitrogens with zero attached hydrogens (tertiary/aromatic N) is 2. The predicted molar refractivity (Wildman–Crippen MR) is 127 cm³/mol. The predicted octanol–water partition coefficient (Wildman–Crippen LogP) is 2.65. The topological polar surface area (TPSA) is 131 Å². The van der Waals surface area contributed by atoms with E-state index in [0.717, 1.165) is 42.5 Å². The summed E-state index contributed by atoms with van der Waals surface area (Å²) in [5.74, 6) is 1.13. The van der Waals surface area contributed by atoms with Crippen molar-refractivity contribution in [1.29, 1.82) is 0 Å². The minimum absolute atomic E-state index is 0.122. The van der Waals surface area contributed by atoms with Gasteiger partial charge < -0.3 is 24.6 Å². The Bertz CT molecular complexity index is 1080. The van der Waals surface area contributed by atoms with Crippen LogP contribution >= 0.6 is 0 Å². The molecule has 0 atom stereocenters. The number of nitrogens with one attached hydrogen (secondary N) is 2. The summed E-state index contributed by atoms with van der Waals surface area (Å²) >= 11 is 0. The van der Waals surface area contributed by atoms with Crippen molar-refractivity contribution in [1.82, 2.24) is 10.7 Å². The van der Waals surface area contributed by atoms with Gasteiger partial charge in [0.25, 0.3) is 5.91 Å². The number of allylic oxidation sites excluding steroid dienone is 2. The average molecular weight is 471 g/mol. The van der Waals surface area contributed by atoms with E-state index >= 15 is 0 Å². The van der Waals surface area contributed by atoms with Gasteiger partial charge in [-0.15, -0.1) is 0 Å². The van der Waals surface area contributed by atoms with E-state index in [9.17, 15) is 9.59 Å². The molecule has 2 aliphatic carbocycles. The Morgan fingerprint density at radius 3 is 2.65 bits per heavy atom. The Balaban J connectivity index is 1.63. The van der Waals surface area contributed by atoms with Crippen molar-refractivity contribution >= 4 is 29.1 Å². The molecule has 1 aromatic rings. The summed E-state index contributed by atoms with van der Waals surface area (Å²) in [5.41, 5.74) is 8.40. The van der Waals surface area contributed by atoms with E-state index < -0.39 is 5.97 Å². The number of aliphatic imine (C=N–C) groups is 1. The fraction of sp³-hybridized carbons (Fsp3) is 0.500. The molecule has 34 heavy (non-hydrogen) atoms. The van der Waals surface area contributed by atoms with E-state index in [4.69, 9.17) is 19.3 Å². The van der Waals surface area contributed by atoms with Crippen LogP contribution < -0.4 is 25.0 Å². The number of aliphatic carboxylic acids is 1. The maximum absolute atomic E-state index is 11.4. The molecule has 3 aliphatic rings. The van der Waals surface area contributed by atoms with Gasteiger partial charge in [0, 0.05) is 12.0 Å². The van der Waals surface area contributed by atoms with Gasteiger partial charge in [0.1, 0.15) is 0 Å². The molecule has 0 spiro atoms. The Morgan fingerprint density at radius 1 is 1.15 bits per heavy atom. The third kappa shape index (κ3) is 5.00. The van der Waals surface area contributed by atoms with E-state index in [-0.39, 0.29) is 18.9 Å². The quantitative estimate of drug-likeness (QED) is 0.371. The molecular weight excluding hydrogens is 440 g/mol. The molecule has 1 amide bonds. The maximum atomic E-state index is 11.4. The number of carbonyl (C=O) groups excluding carboxylic acids is 1. The van der Waals surface area contributed by atoms with Crippen molar-refractivity contribution in [3.8, 4) is 17.2 Å². The molecule has 10 heteroatoms. The van der Waals surface area contributed by atoms with Crippen LogP contribution in [0.2, 0.25) is 0 Å². The molecule has 0 fully saturated rings. The summed E-state index contributed by atoms with van der Waals surface area (Å²) < 4.78 is 17.6. The highest BCUT2D eigenvalue weighted by atomic mass is 16.5. The molecular formula is C24H30N4O6. The lowest BCUT2D eigenvalue weighted by atomic mass is 9.95. The van der Waals surface area contributed by atoms with Crippen molar-refractivity contribution in [2.45, 2.75) is 51.4 Å². The summed E-state index contributed by atoms with van der Waals surface area (Å²) in [4.78, 5) is 26.0. The number of benzene rings is 1. The van der Waals surface area contributed by atoms with Gasteiger partial charge in [-0.3, -0.25) is 9.59 Å². The highest BCUT2D eigenvalue weighted by Gasteiger charge is 2.31. The molecule has 0 saturated heterocycles. The minimum atomic E-state index is -0.806. The minimum Gasteiger partial charge on any atom is -0.492 e. The van der Waals surface area contributed by atoms with Crippen molar-refractivity contribution in [2.75, 3.05) is 27.4 Å². The van der Waals surface area contributed by atoms with E-state index in [1.165, 1.54) is 11.1 Å². The molecule has 1 aliphatic heterocycles. The van der Waals surface area contributed by atoms with Crippen molar-refractivity contribution < 1.29 is 28.9 Å². The van der Waals surface area contributed by atoms with Gasteiger partial charge in [0.2, 0.25) is 11.7 Å². The third-order valence-electron chi connectivity index (χ3n) is 6.17. The van der Waals surface area contributed by atoms with Crippen molar-refractivity contribution in [3.63, 3.8) is 0 Å². The normalized spacial score (nSPS) is 18.1. The molecule has 3 N–H and O–H groups in total. The number of fused-ring (bicyclic) bond motifs is 2. The first kappa shape index (κ1) is 23.6. The highest BCUT2D eigenvalue weighted by Crippen LogP contribution is 2.50. The molecule has 0 aromatic heterocycles. The number of carboxylic acids is 1. The first-order valence-electron chi connectivity index (χ1n) is 11.5. The SMILES string of the molecule is COc1c(OCCCCC(=O)O)cc2c(c1OC)C1=C(CCC1)C(=NNC1=NC(=O)CN1)CC2. The summed E-state index contributed by atoms with van der Waals surface area (Å²) in [5, 5.41) is 16.3. The van der Waals surface area contributed by atoms with Crippen LogP contribution in [0.4, 0.5) is 0 Å². The van der Waals surface area contributed by atoms with E-state index in [2.05, 4.69) is 20.8 Å². The van der Waals surface area contributed by atoms with Gasteiger partial charge in [-0.05, 0) is 67.7 Å². The van der Waals surface area contributed by atoms with Gasteiger partial charge in [-0.25, -0.2) is 5.43 Å². The number of amides is 1. The first-order chi connectivity index (χ1) is 16.5. The second kappa shape index (κ2) is 10.6. The Morgan fingerprint density at radius 2 is 1.94 bits per heavy atom. The number of hydrogen-bond acceptors (Lipinski definition) is 8. The van der Waals surface area contributed by atoms with E-state index in [1.807, 2.05) is 6.07 Å². The number of carboxylic acid groups (broad SMARTS) is 1. The number of hydrazone groups is 1. The number of carbonyl (C=O) groups is 2. The summed E-state index contributed by atoms with van der Waals surface area (Å²) in [7, 11) is 3.22. The summed E-state index contributed by atoms with van der Waals surface area (Å²) in [6, 6.07) is 2.01. The van der Waals surface area contributed by atoms with E-state index in [1.54, 1.807) is 14.2 Å². The Hall–Kier alpha value is -3.56.